The zero-order valence-corrected chi connectivity index (χ0v) is 12.0. The van der Waals surface area contributed by atoms with Crippen molar-refractivity contribution in [2.45, 2.75) is 39.5 Å². The SMILES string of the molecule is CC1=CC=CCC1.CCC(=O)C1CCN(C(=N)N)C1. The second-order valence-electron chi connectivity index (χ2n) is 5.12. The van der Waals surface area contributed by atoms with Crippen LogP contribution in [0.15, 0.2) is 23.8 Å². The molecule has 0 amide bonds. The highest BCUT2D eigenvalue weighted by atomic mass is 16.1. The maximum absolute atomic E-state index is 11.2. The van der Waals surface area contributed by atoms with Crippen LogP contribution in [0.25, 0.3) is 0 Å². The molecule has 0 aromatic heterocycles. The Morgan fingerprint density at radius 1 is 1.58 bits per heavy atom. The molecule has 1 heterocycles. The molecule has 0 radical (unpaired) electrons. The van der Waals surface area contributed by atoms with E-state index in [4.69, 9.17) is 11.1 Å². The van der Waals surface area contributed by atoms with E-state index in [0.29, 0.717) is 18.7 Å². The molecule has 0 saturated carbocycles. The molecule has 2 rings (SSSR count). The maximum atomic E-state index is 11.2. The molecular formula is C15H25N3O. The lowest BCUT2D eigenvalue weighted by Gasteiger charge is -2.14. The van der Waals surface area contributed by atoms with Crippen molar-refractivity contribution in [3.8, 4) is 0 Å². The van der Waals surface area contributed by atoms with Gasteiger partial charge in [-0.2, -0.15) is 0 Å². The maximum Gasteiger partial charge on any atom is 0.188 e. The van der Waals surface area contributed by atoms with Crippen LogP contribution >= 0.6 is 0 Å². The Balaban J connectivity index is 0.000000218. The molecule has 2 aliphatic rings. The lowest BCUT2D eigenvalue weighted by molar-refractivity contribution is -0.122. The average molecular weight is 263 g/mol. The van der Waals surface area contributed by atoms with Crippen LogP contribution in [0.1, 0.15) is 39.5 Å². The van der Waals surface area contributed by atoms with Gasteiger partial charge in [0.1, 0.15) is 5.78 Å². The summed E-state index contributed by atoms with van der Waals surface area (Å²) in [4.78, 5) is 13.0. The van der Waals surface area contributed by atoms with E-state index >= 15 is 0 Å². The van der Waals surface area contributed by atoms with E-state index in [0.717, 1.165) is 13.0 Å². The van der Waals surface area contributed by atoms with Gasteiger partial charge in [-0.05, 0) is 26.2 Å². The van der Waals surface area contributed by atoms with Crippen LogP contribution < -0.4 is 5.73 Å². The fourth-order valence-electron chi connectivity index (χ4n) is 2.25. The van der Waals surface area contributed by atoms with E-state index in [-0.39, 0.29) is 11.9 Å². The first-order valence-electron chi connectivity index (χ1n) is 6.98. The topological polar surface area (TPSA) is 70.2 Å². The summed E-state index contributed by atoms with van der Waals surface area (Å²) in [6.45, 7) is 5.44. The normalized spacial score (nSPS) is 21.5. The van der Waals surface area contributed by atoms with Crippen LogP contribution in [0.2, 0.25) is 0 Å². The summed E-state index contributed by atoms with van der Waals surface area (Å²) in [5.41, 5.74) is 6.80. The third-order valence-corrected chi connectivity index (χ3v) is 3.55. The Labute approximate surface area is 115 Å². The van der Waals surface area contributed by atoms with Crippen molar-refractivity contribution >= 4 is 11.7 Å². The lowest BCUT2D eigenvalue weighted by Crippen LogP contribution is -2.35. The monoisotopic (exact) mass is 263 g/mol. The molecule has 0 aromatic rings. The number of Topliss-reactive ketones (excluding diaryl/α,β-unsaturated/α-hetero) is 1. The van der Waals surface area contributed by atoms with E-state index in [1.165, 1.54) is 18.4 Å². The predicted molar refractivity (Wildman–Crippen MR) is 79.0 cm³/mol. The number of ketones is 1. The van der Waals surface area contributed by atoms with Gasteiger partial charge in [0.2, 0.25) is 0 Å². The van der Waals surface area contributed by atoms with Crippen LogP contribution in [0.5, 0.6) is 0 Å². The van der Waals surface area contributed by atoms with Crippen molar-refractivity contribution in [1.29, 1.82) is 5.41 Å². The number of nitrogens with one attached hydrogen (secondary N) is 1. The molecular weight excluding hydrogens is 238 g/mol. The Kier molecular flexibility index (Phi) is 6.33. The molecule has 4 heteroatoms. The largest absolute Gasteiger partial charge is 0.370 e. The zero-order valence-electron chi connectivity index (χ0n) is 12.0. The number of likely N-dealkylation sites (tertiary alicyclic amines) is 1. The van der Waals surface area contributed by atoms with Crippen LogP contribution in [0.3, 0.4) is 0 Å². The Hall–Kier alpha value is -1.58. The minimum Gasteiger partial charge on any atom is -0.370 e. The van der Waals surface area contributed by atoms with E-state index in [1.54, 1.807) is 4.90 Å². The number of carbonyl (C=O) groups is 1. The average Bonchev–Trinajstić information content (AvgIpc) is 2.89. The Morgan fingerprint density at radius 2 is 2.32 bits per heavy atom. The van der Waals surface area contributed by atoms with Gasteiger partial charge in [0.25, 0.3) is 0 Å². The molecule has 1 aliphatic carbocycles. The molecule has 1 aliphatic heterocycles. The molecule has 1 atom stereocenters. The van der Waals surface area contributed by atoms with E-state index in [9.17, 15) is 4.79 Å². The quantitative estimate of drug-likeness (QED) is 0.594. The third-order valence-electron chi connectivity index (χ3n) is 3.55. The fourth-order valence-corrected chi connectivity index (χ4v) is 2.25. The summed E-state index contributed by atoms with van der Waals surface area (Å²) in [6.07, 6.45) is 10.4. The molecule has 0 aromatic carbocycles. The molecule has 19 heavy (non-hydrogen) atoms. The molecule has 3 N–H and O–H groups in total. The van der Waals surface area contributed by atoms with Gasteiger partial charge in [0.15, 0.2) is 5.96 Å². The number of hydrogen-bond donors (Lipinski definition) is 2. The zero-order chi connectivity index (χ0) is 14.3. The van der Waals surface area contributed by atoms with Gasteiger partial charge in [-0.15, -0.1) is 0 Å². The molecule has 0 spiro atoms. The molecule has 1 saturated heterocycles. The molecule has 0 bridgehead atoms. The van der Waals surface area contributed by atoms with Crippen LogP contribution in [0, 0.1) is 11.3 Å². The van der Waals surface area contributed by atoms with Crippen LogP contribution in [0.4, 0.5) is 0 Å². The highest BCUT2D eigenvalue weighted by molar-refractivity contribution is 5.83. The van der Waals surface area contributed by atoms with Gasteiger partial charge >= 0.3 is 0 Å². The predicted octanol–water partition coefficient (Wildman–Crippen LogP) is 2.46. The number of nitrogens with two attached hydrogens (primary N) is 1. The number of rotatable bonds is 2. The van der Waals surface area contributed by atoms with Gasteiger partial charge < -0.3 is 10.6 Å². The van der Waals surface area contributed by atoms with E-state index < -0.39 is 0 Å². The van der Waals surface area contributed by atoms with Gasteiger partial charge in [-0.3, -0.25) is 10.2 Å². The fraction of sp³-hybridized carbons (Fsp3) is 0.600. The first-order valence-corrected chi connectivity index (χ1v) is 6.98. The van der Waals surface area contributed by atoms with E-state index in [2.05, 4.69) is 25.2 Å². The minimum absolute atomic E-state index is 0.0846. The second-order valence-corrected chi connectivity index (χ2v) is 5.12. The summed E-state index contributed by atoms with van der Waals surface area (Å²) in [6, 6.07) is 0. The summed E-state index contributed by atoms with van der Waals surface area (Å²) in [5, 5.41) is 7.17. The Bertz CT molecular complexity index is 385. The first kappa shape index (κ1) is 15.5. The molecule has 106 valence electrons. The molecule has 1 fully saturated rings. The van der Waals surface area contributed by atoms with E-state index in [1.807, 2.05) is 6.92 Å². The summed E-state index contributed by atoms with van der Waals surface area (Å²) in [5.74, 6) is 0.485. The number of allylic oxidation sites excluding steroid dienone is 4. The van der Waals surface area contributed by atoms with Crippen molar-refractivity contribution in [2.24, 2.45) is 11.7 Å². The van der Waals surface area contributed by atoms with Crippen LogP contribution in [-0.2, 0) is 4.79 Å². The highest BCUT2D eigenvalue weighted by Crippen LogP contribution is 2.17. The summed E-state index contributed by atoms with van der Waals surface area (Å²) in [7, 11) is 0. The molecule has 1 unspecified atom stereocenters. The van der Waals surface area contributed by atoms with Gasteiger partial charge in [-0.25, -0.2) is 0 Å². The third kappa shape index (κ3) is 5.28. The van der Waals surface area contributed by atoms with Crippen molar-refractivity contribution in [3.05, 3.63) is 23.8 Å². The second kappa shape index (κ2) is 7.77. The summed E-state index contributed by atoms with van der Waals surface area (Å²) >= 11 is 0. The first-order chi connectivity index (χ1) is 9.04. The van der Waals surface area contributed by atoms with Crippen molar-refractivity contribution in [1.82, 2.24) is 4.90 Å². The number of nitrogens with zero attached hydrogens (tertiary/aromatic N) is 1. The van der Waals surface area contributed by atoms with Crippen molar-refractivity contribution in [2.75, 3.05) is 13.1 Å². The van der Waals surface area contributed by atoms with Gasteiger partial charge in [0.05, 0.1) is 0 Å². The Morgan fingerprint density at radius 3 is 2.68 bits per heavy atom. The number of guanidine groups is 1. The number of carbonyl (C=O) groups excluding carboxylic acids is 1. The molecule has 4 nitrogen and oxygen atoms in total. The van der Waals surface area contributed by atoms with Crippen molar-refractivity contribution in [3.63, 3.8) is 0 Å². The van der Waals surface area contributed by atoms with Crippen molar-refractivity contribution < 1.29 is 4.79 Å². The summed E-state index contributed by atoms with van der Waals surface area (Å²) < 4.78 is 0. The highest BCUT2D eigenvalue weighted by Gasteiger charge is 2.27. The lowest BCUT2D eigenvalue weighted by atomic mass is 10.0. The van der Waals surface area contributed by atoms with Gasteiger partial charge in [-0.1, -0.05) is 30.7 Å². The minimum atomic E-state index is 0.0846. The van der Waals surface area contributed by atoms with Crippen LogP contribution in [-0.4, -0.2) is 29.7 Å². The van der Waals surface area contributed by atoms with Gasteiger partial charge in [0, 0.05) is 25.4 Å². The number of hydrogen-bond acceptors (Lipinski definition) is 2. The smallest absolute Gasteiger partial charge is 0.188 e. The standard InChI is InChI=1S/C8H15N3O.C7H10/c1-2-7(12)6-3-4-11(5-6)8(9)10;1-7-5-3-2-4-6-7/h6H,2-5H2,1H3,(H3,9,10);2-3,5H,4,6H2,1H3.